The van der Waals surface area contributed by atoms with Crippen molar-refractivity contribution in [3.8, 4) is 0 Å². The highest BCUT2D eigenvalue weighted by atomic mass is 16.5. The van der Waals surface area contributed by atoms with E-state index >= 15 is 0 Å². The van der Waals surface area contributed by atoms with E-state index in [1.807, 2.05) is 7.05 Å². The van der Waals surface area contributed by atoms with Crippen LogP contribution >= 0.6 is 0 Å². The van der Waals surface area contributed by atoms with E-state index in [0.717, 1.165) is 19.6 Å². The summed E-state index contributed by atoms with van der Waals surface area (Å²) in [5, 5.41) is 4.10. The second kappa shape index (κ2) is 2.89. The minimum absolute atomic E-state index is 0.107. The average Bonchev–Trinajstić information content (AvgIpc) is 2.12. The molecule has 0 amide bonds. The van der Waals surface area contributed by atoms with Gasteiger partial charge in [-0.1, -0.05) is 0 Å². The van der Waals surface area contributed by atoms with Gasteiger partial charge in [-0.15, -0.1) is 6.54 Å². The van der Waals surface area contributed by atoms with Gasteiger partial charge in [0.2, 0.25) is 0 Å². The van der Waals surface area contributed by atoms with Crippen molar-refractivity contribution in [2.75, 3.05) is 20.2 Å². The summed E-state index contributed by atoms with van der Waals surface area (Å²) in [6.45, 7) is 6.14. The average molecular weight is 142 g/mol. The Morgan fingerprint density at radius 3 is 2.70 bits per heavy atom. The molecule has 1 aliphatic heterocycles. The van der Waals surface area contributed by atoms with Crippen LogP contribution in [0.4, 0.5) is 0 Å². The second-order valence-electron chi connectivity index (χ2n) is 3.64. The van der Waals surface area contributed by atoms with E-state index < -0.39 is 0 Å². The predicted molar refractivity (Wildman–Crippen MR) is 42.3 cm³/mol. The lowest BCUT2D eigenvalue weighted by Crippen LogP contribution is -2.17. The smallest absolute Gasteiger partial charge is 0.0629 e. The highest BCUT2D eigenvalue weighted by molar-refractivity contribution is 4.87. The second-order valence-corrected chi connectivity index (χ2v) is 3.64. The monoisotopic (exact) mass is 142 g/mol. The van der Waals surface area contributed by atoms with Crippen LogP contribution in [0, 0.1) is 5.92 Å². The van der Waals surface area contributed by atoms with Gasteiger partial charge < -0.3 is 10.1 Å². The molecular formula is C8H16NO-. The standard InChI is InChI=1S/C8H16NO/c1-8(2)4-7(5-9-3)6-10-8/h7H,4-6H2,1-3H3/q-1. The molecule has 1 aliphatic rings. The van der Waals surface area contributed by atoms with Gasteiger partial charge in [0, 0.05) is 6.61 Å². The first kappa shape index (κ1) is 8.02. The normalized spacial score (nSPS) is 30.9. The van der Waals surface area contributed by atoms with Gasteiger partial charge in [0.05, 0.1) is 5.60 Å². The molecular weight excluding hydrogens is 126 g/mol. The lowest BCUT2D eigenvalue weighted by molar-refractivity contribution is 0.0352. The Hall–Kier alpha value is -0.0800. The Labute approximate surface area is 63.0 Å². The van der Waals surface area contributed by atoms with Gasteiger partial charge in [0.15, 0.2) is 0 Å². The van der Waals surface area contributed by atoms with Crippen molar-refractivity contribution in [1.82, 2.24) is 0 Å². The Bertz CT molecular complexity index is 112. The molecule has 1 saturated heterocycles. The van der Waals surface area contributed by atoms with Crippen molar-refractivity contribution in [3.05, 3.63) is 5.32 Å². The first-order valence-corrected chi connectivity index (χ1v) is 3.83. The van der Waals surface area contributed by atoms with Crippen LogP contribution in [0.15, 0.2) is 0 Å². The molecule has 0 radical (unpaired) electrons. The molecule has 0 aromatic carbocycles. The molecule has 1 fully saturated rings. The molecule has 1 atom stereocenters. The quantitative estimate of drug-likeness (QED) is 0.576. The zero-order chi connectivity index (χ0) is 7.61. The van der Waals surface area contributed by atoms with Gasteiger partial charge in [0.25, 0.3) is 0 Å². The fourth-order valence-corrected chi connectivity index (χ4v) is 1.53. The summed E-state index contributed by atoms with van der Waals surface area (Å²) < 4.78 is 5.55. The SMILES string of the molecule is C[N-]CC1COC(C)(C)C1. The van der Waals surface area contributed by atoms with E-state index in [0.29, 0.717) is 5.92 Å². The van der Waals surface area contributed by atoms with Crippen molar-refractivity contribution in [2.24, 2.45) is 5.92 Å². The Kier molecular flexibility index (Phi) is 2.32. The zero-order valence-corrected chi connectivity index (χ0v) is 7.05. The third-order valence-electron chi connectivity index (χ3n) is 1.93. The van der Waals surface area contributed by atoms with E-state index in [1.54, 1.807) is 0 Å². The molecule has 1 rings (SSSR count). The van der Waals surface area contributed by atoms with E-state index in [-0.39, 0.29) is 5.60 Å². The van der Waals surface area contributed by atoms with Crippen LogP contribution in [0.2, 0.25) is 0 Å². The van der Waals surface area contributed by atoms with Crippen LogP contribution in [-0.4, -0.2) is 25.8 Å². The van der Waals surface area contributed by atoms with Gasteiger partial charge in [-0.25, -0.2) is 0 Å². The fourth-order valence-electron chi connectivity index (χ4n) is 1.53. The maximum absolute atomic E-state index is 5.55. The Morgan fingerprint density at radius 2 is 2.30 bits per heavy atom. The first-order chi connectivity index (χ1) is 4.64. The molecule has 0 bridgehead atoms. The fraction of sp³-hybridized carbons (Fsp3) is 1.00. The molecule has 0 N–H and O–H groups in total. The summed E-state index contributed by atoms with van der Waals surface area (Å²) in [6, 6.07) is 0. The summed E-state index contributed by atoms with van der Waals surface area (Å²) in [6.07, 6.45) is 1.16. The molecule has 1 unspecified atom stereocenters. The van der Waals surface area contributed by atoms with E-state index in [1.165, 1.54) is 0 Å². The minimum atomic E-state index is 0.107. The molecule has 0 aromatic rings. The number of hydrogen-bond acceptors (Lipinski definition) is 1. The van der Waals surface area contributed by atoms with Gasteiger partial charge in [-0.05, 0) is 26.2 Å². The highest BCUT2D eigenvalue weighted by Crippen LogP contribution is 2.29. The van der Waals surface area contributed by atoms with Crippen molar-refractivity contribution in [2.45, 2.75) is 25.9 Å². The number of ether oxygens (including phenoxy) is 1. The Morgan fingerprint density at radius 1 is 1.60 bits per heavy atom. The largest absolute Gasteiger partial charge is 0.665 e. The minimum Gasteiger partial charge on any atom is -0.665 e. The molecule has 0 aliphatic carbocycles. The summed E-state index contributed by atoms with van der Waals surface area (Å²) in [7, 11) is 1.87. The summed E-state index contributed by atoms with van der Waals surface area (Å²) in [5.41, 5.74) is 0.107. The maximum atomic E-state index is 5.55. The van der Waals surface area contributed by atoms with Crippen LogP contribution in [0.25, 0.3) is 5.32 Å². The van der Waals surface area contributed by atoms with Crippen LogP contribution in [-0.2, 0) is 4.74 Å². The molecule has 60 valence electrons. The molecule has 0 saturated carbocycles. The molecule has 2 heteroatoms. The number of rotatable bonds is 2. The van der Waals surface area contributed by atoms with Gasteiger partial charge in [0.1, 0.15) is 0 Å². The molecule has 0 spiro atoms. The molecule has 1 heterocycles. The third-order valence-corrected chi connectivity index (χ3v) is 1.93. The molecule has 0 aromatic heterocycles. The van der Waals surface area contributed by atoms with E-state index in [9.17, 15) is 0 Å². The first-order valence-electron chi connectivity index (χ1n) is 3.83. The van der Waals surface area contributed by atoms with Gasteiger partial charge in [-0.3, -0.25) is 0 Å². The topological polar surface area (TPSA) is 23.3 Å². The highest BCUT2D eigenvalue weighted by Gasteiger charge is 2.29. The number of nitrogens with zero attached hydrogens (tertiary/aromatic N) is 1. The van der Waals surface area contributed by atoms with Crippen molar-refractivity contribution in [1.29, 1.82) is 0 Å². The maximum Gasteiger partial charge on any atom is 0.0629 e. The molecule has 10 heavy (non-hydrogen) atoms. The third kappa shape index (κ3) is 1.96. The predicted octanol–water partition coefficient (Wildman–Crippen LogP) is 1.81. The lowest BCUT2D eigenvalue weighted by atomic mass is 9.98. The summed E-state index contributed by atoms with van der Waals surface area (Å²) in [4.78, 5) is 0. The van der Waals surface area contributed by atoms with E-state index in [4.69, 9.17) is 4.74 Å². The van der Waals surface area contributed by atoms with Crippen molar-refractivity contribution in [3.63, 3.8) is 0 Å². The molecule has 2 nitrogen and oxygen atoms in total. The van der Waals surface area contributed by atoms with Gasteiger partial charge >= 0.3 is 0 Å². The van der Waals surface area contributed by atoms with Crippen LogP contribution in [0.1, 0.15) is 20.3 Å². The van der Waals surface area contributed by atoms with Crippen LogP contribution in [0.3, 0.4) is 0 Å². The van der Waals surface area contributed by atoms with Crippen LogP contribution < -0.4 is 0 Å². The lowest BCUT2D eigenvalue weighted by Gasteiger charge is -2.18. The summed E-state index contributed by atoms with van der Waals surface area (Å²) in [5.74, 6) is 0.667. The zero-order valence-electron chi connectivity index (χ0n) is 7.05. The van der Waals surface area contributed by atoms with Gasteiger partial charge in [-0.2, -0.15) is 7.05 Å². The van der Waals surface area contributed by atoms with Crippen LogP contribution in [0.5, 0.6) is 0 Å². The Balaban J connectivity index is 2.29. The van der Waals surface area contributed by atoms with Crippen molar-refractivity contribution < 1.29 is 4.74 Å². The number of hydrogen-bond donors (Lipinski definition) is 0. The van der Waals surface area contributed by atoms with Crippen molar-refractivity contribution >= 4 is 0 Å². The summed E-state index contributed by atoms with van der Waals surface area (Å²) >= 11 is 0. The van der Waals surface area contributed by atoms with E-state index in [2.05, 4.69) is 19.2 Å².